The number of amides is 1. The molecule has 16 heavy (non-hydrogen) atoms. The summed E-state index contributed by atoms with van der Waals surface area (Å²) < 4.78 is 5.14. The van der Waals surface area contributed by atoms with Gasteiger partial charge in [0.05, 0.1) is 18.6 Å². The summed E-state index contributed by atoms with van der Waals surface area (Å²) in [6, 6.07) is 0. The maximum absolute atomic E-state index is 11.7. The molecule has 0 aromatic rings. The maximum Gasteiger partial charge on any atom is 0.224 e. The van der Waals surface area contributed by atoms with E-state index in [1.807, 2.05) is 6.92 Å². The normalized spacial score (nSPS) is 18.7. The van der Waals surface area contributed by atoms with E-state index in [4.69, 9.17) is 4.74 Å². The van der Waals surface area contributed by atoms with Gasteiger partial charge in [0.15, 0.2) is 0 Å². The van der Waals surface area contributed by atoms with Crippen LogP contribution in [0.2, 0.25) is 0 Å². The van der Waals surface area contributed by atoms with E-state index in [0.29, 0.717) is 26.2 Å². The molecule has 1 aliphatic rings. The van der Waals surface area contributed by atoms with Crippen molar-refractivity contribution in [3.63, 3.8) is 0 Å². The lowest BCUT2D eigenvalue weighted by molar-refractivity contribution is -0.134. The summed E-state index contributed by atoms with van der Waals surface area (Å²) in [4.78, 5) is 13.3. The highest BCUT2D eigenvalue weighted by molar-refractivity contribution is 5.76. The highest BCUT2D eigenvalue weighted by Gasteiger charge is 2.33. The van der Waals surface area contributed by atoms with Gasteiger partial charge >= 0.3 is 0 Å². The third-order valence-corrected chi connectivity index (χ3v) is 3.16. The van der Waals surface area contributed by atoms with Gasteiger partial charge in [-0.1, -0.05) is 12.8 Å². The Hall–Kier alpha value is -0.610. The smallest absolute Gasteiger partial charge is 0.224 e. The molecule has 0 atom stereocenters. The minimum absolute atomic E-state index is 0.0498. The zero-order chi connectivity index (χ0) is 12.0. The zero-order valence-electron chi connectivity index (χ0n) is 10.4. The van der Waals surface area contributed by atoms with Gasteiger partial charge < -0.3 is 14.7 Å². The van der Waals surface area contributed by atoms with Crippen LogP contribution in [0.15, 0.2) is 0 Å². The molecule has 0 unspecified atom stereocenters. The summed E-state index contributed by atoms with van der Waals surface area (Å²) in [7, 11) is 1.75. The second-order valence-electron chi connectivity index (χ2n) is 4.63. The lowest BCUT2D eigenvalue weighted by atomic mass is 10.0. The number of likely N-dealkylation sites (N-methyl/N-ethyl adjacent to an activating group) is 1. The van der Waals surface area contributed by atoms with Gasteiger partial charge in [-0.15, -0.1) is 0 Å². The number of ether oxygens (including phenoxy) is 1. The predicted molar refractivity (Wildman–Crippen MR) is 62.2 cm³/mol. The molecule has 1 amide bonds. The molecule has 94 valence electrons. The van der Waals surface area contributed by atoms with E-state index in [1.54, 1.807) is 11.9 Å². The molecular weight excluding hydrogens is 206 g/mol. The standard InChI is InChI=1S/C12H23NO3/c1-3-16-9-6-11(14)13(2)10-12(15)7-4-5-8-12/h15H,3-10H2,1-2H3. The van der Waals surface area contributed by atoms with Gasteiger partial charge in [0.2, 0.25) is 5.91 Å². The second-order valence-corrected chi connectivity index (χ2v) is 4.63. The lowest BCUT2D eigenvalue weighted by Crippen LogP contribution is -2.42. The fourth-order valence-electron chi connectivity index (χ4n) is 2.22. The minimum atomic E-state index is -0.643. The molecule has 0 bridgehead atoms. The molecule has 4 nitrogen and oxygen atoms in total. The van der Waals surface area contributed by atoms with Crippen LogP contribution in [0.1, 0.15) is 39.0 Å². The summed E-state index contributed by atoms with van der Waals surface area (Å²) >= 11 is 0. The topological polar surface area (TPSA) is 49.8 Å². The summed E-state index contributed by atoms with van der Waals surface area (Å²) in [6.07, 6.45) is 4.17. The van der Waals surface area contributed by atoms with Gasteiger partial charge in [0, 0.05) is 20.2 Å². The van der Waals surface area contributed by atoms with E-state index in [-0.39, 0.29) is 5.91 Å². The number of carbonyl (C=O) groups excluding carboxylic acids is 1. The van der Waals surface area contributed by atoms with E-state index < -0.39 is 5.60 Å². The molecular formula is C12H23NO3. The van der Waals surface area contributed by atoms with E-state index in [0.717, 1.165) is 25.7 Å². The van der Waals surface area contributed by atoms with E-state index >= 15 is 0 Å². The maximum atomic E-state index is 11.7. The van der Waals surface area contributed by atoms with Crippen LogP contribution in [0.4, 0.5) is 0 Å². The number of nitrogens with zero attached hydrogens (tertiary/aromatic N) is 1. The molecule has 0 radical (unpaired) electrons. The van der Waals surface area contributed by atoms with Gasteiger partial charge in [-0.3, -0.25) is 4.79 Å². The van der Waals surface area contributed by atoms with Crippen LogP contribution in [-0.2, 0) is 9.53 Å². The Morgan fingerprint density at radius 3 is 2.62 bits per heavy atom. The third-order valence-electron chi connectivity index (χ3n) is 3.16. The summed E-state index contributed by atoms with van der Waals surface area (Å²) in [5.74, 6) is 0.0498. The number of aliphatic hydroxyl groups is 1. The molecule has 1 saturated carbocycles. The molecule has 0 heterocycles. The van der Waals surface area contributed by atoms with Crippen molar-refractivity contribution >= 4 is 5.91 Å². The number of hydrogen-bond donors (Lipinski definition) is 1. The van der Waals surface area contributed by atoms with E-state index in [9.17, 15) is 9.90 Å². The first kappa shape index (κ1) is 13.5. The summed E-state index contributed by atoms with van der Waals surface area (Å²) in [5, 5.41) is 10.2. The Labute approximate surface area is 97.6 Å². The molecule has 1 aliphatic carbocycles. The number of rotatable bonds is 6. The van der Waals surface area contributed by atoms with Gasteiger partial charge in [-0.2, -0.15) is 0 Å². The highest BCUT2D eigenvalue weighted by atomic mass is 16.5. The number of carbonyl (C=O) groups is 1. The zero-order valence-corrected chi connectivity index (χ0v) is 10.4. The monoisotopic (exact) mass is 229 g/mol. The van der Waals surface area contributed by atoms with Gasteiger partial charge in [0.25, 0.3) is 0 Å². The number of hydrogen-bond acceptors (Lipinski definition) is 3. The molecule has 0 aliphatic heterocycles. The third kappa shape index (κ3) is 4.10. The Morgan fingerprint density at radius 2 is 2.06 bits per heavy atom. The Balaban J connectivity index is 2.27. The van der Waals surface area contributed by atoms with Crippen molar-refractivity contribution in [2.24, 2.45) is 0 Å². The first-order valence-electron chi connectivity index (χ1n) is 6.11. The van der Waals surface area contributed by atoms with Crippen LogP contribution in [0, 0.1) is 0 Å². The second kappa shape index (κ2) is 6.21. The Bertz CT molecular complexity index is 224. The molecule has 4 heteroatoms. The molecule has 0 aromatic heterocycles. The fourth-order valence-corrected chi connectivity index (χ4v) is 2.22. The van der Waals surface area contributed by atoms with Crippen molar-refractivity contribution in [3.05, 3.63) is 0 Å². The molecule has 1 fully saturated rings. The van der Waals surface area contributed by atoms with Gasteiger partial charge in [-0.05, 0) is 19.8 Å². The highest BCUT2D eigenvalue weighted by Crippen LogP contribution is 2.29. The predicted octanol–water partition coefficient (Wildman–Crippen LogP) is 1.18. The summed E-state index contributed by atoms with van der Waals surface area (Å²) in [5.41, 5.74) is -0.643. The molecule has 1 rings (SSSR count). The van der Waals surface area contributed by atoms with Crippen LogP contribution in [0.25, 0.3) is 0 Å². The quantitative estimate of drug-likeness (QED) is 0.696. The first-order valence-corrected chi connectivity index (χ1v) is 6.11. The van der Waals surface area contributed by atoms with Crippen molar-refractivity contribution in [2.45, 2.75) is 44.6 Å². The van der Waals surface area contributed by atoms with Crippen molar-refractivity contribution in [3.8, 4) is 0 Å². The SMILES string of the molecule is CCOCCC(=O)N(C)CC1(O)CCCC1. The van der Waals surface area contributed by atoms with E-state index in [1.165, 1.54) is 0 Å². The Kier molecular flexibility index (Phi) is 5.22. The van der Waals surface area contributed by atoms with Crippen molar-refractivity contribution < 1.29 is 14.6 Å². The van der Waals surface area contributed by atoms with E-state index in [2.05, 4.69) is 0 Å². The minimum Gasteiger partial charge on any atom is -0.388 e. The van der Waals surface area contributed by atoms with Crippen molar-refractivity contribution in [1.82, 2.24) is 4.90 Å². The van der Waals surface area contributed by atoms with Crippen molar-refractivity contribution in [1.29, 1.82) is 0 Å². The van der Waals surface area contributed by atoms with Crippen LogP contribution < -0.4 is 0 Å². The van der Waals surface area contributed by atoms with Gasteiger partial charge in [-0.25, -0.2) is 0 Å². The molecule has 0 spiro atoms. The average molecular weight is 229 g/mol. The van der Waals surface area contributed by atoms with Crippen LogP contribution in [-0.4, -0.2) is 48.3 Å². The molecule has 0 aromatic carbocycles. The average Bonchev–Trinajstić information content (AvgIpc) is 2.65. The molecule has 1 N–H and O–H groups in total. The van der Waals surface area contributed by atoms with Gasteiger partial charge in [0.1, 0.15) is 0 Å². The van der Waals surface area contributed by atoms with Crippen LogP contribution >= 0.6 is 0 Å². The molecule has 0 saturated heterocycles. The van der Waals surface area contributed by atoms with Crippen molar-refractivity contribution in [2.75, 3.05) is 26.8 Å². The Morgan fingerprint density at radius 1 is 1.44 bits per heavy atom. The lowest BCUT2D eigenvalue weighted by Gasteiger charge is -2.28. The largest absolute Gasteiger partial charge is 0.388 e. The van der Waals surface area contributed by atoms with Crippen LogP contribution in [0.3, 0.4) is 0 Å². The first-order chi connectivity index (χ1) is 7.57. The van der Waals surface area contributed by atoms with Crippen LogP contribution in [0.5, 0.6) is 0 Å². The fraction of sp³-hybridized carbons (Fsp3) is 0.917. The summed E-state index contributed by atoms with van der Waals surface area (Å²) in [6.45, 7) is 3.48.